The molecule has 0 aliphatic heterocycles. The van der Waals surface area contributed by atoms with Crippen LogP contribution in [0.3, 0.4) is 0 Å². The van der Waals surface area contributed by atoms with E-state index in [2.05, 4.69) is 15.5 Å². The molecular formula is C24H22N4O4S2. The predicted octanol–water partition coefficient (Wildman–Crippen LogP) is 4.79. The zero-order chi connectivity index (χ0) is 24.1. The van der Waals surface area contributed by atoms with Gasteiger partial charge < -0.3 is 4.74 Å². The standard InChI is InChI=1S/C24H22N4O4S2/c1-17(22(29)25-24-27-26-23(33-24)18-9-5-3-6-10-18)28(34(2,30)31)19-13-15-21(16-14-19)32-20-11-7-4-8-12-20/h3-17H,1-2H3,(H,25,27,29). The number of amides is 1. The van der Waals surface area contributed by atoms with Crippen molar-refractivity contribution in [2.24, 2.45) is 0 Å². The van der Waals surface area contributed by atoms with Crippen LogP contribution in [0.1, 0.15) is 6.92 Å². The van der Waals surface area contributed by atoms with Crippen molar-refractivity contribution in [2.75, 3.05) is 15.9 Å². The molecule has 8 nitrogen and oxygen atoms in total. The molecule has 34 heavy (non-hydrogen) atoms. The van der Waals surface area contributed by atoms with E-state index >= 15 is 0 Å². The minimum absolute atomic E-state index is 0.288. The minimum atomic E-state index is -3.76. The molecule has 1 amide bonds. The van der Waals surface area contributed by atoms with Crippen molar-refractivity contribution in [3.05, 3.63) is 84.9 Å². The molecule has 0 spiro atoms. The molecule has 0 aliphatic carbocycles. The first-order valence-electron chi connectivity index (χ1n) is 10.3. The maximum absolute atomic E-state index is 12.9. The SMILES string of the molecule is CC(C(=O)Nc1nnc(-c2ccccc2)s1)N(c1ccc(Oc2ccccc2)cc1)S(C)(=O)=O. The number of carbonyl (C=O) groups excluding carboxylic acids is 1. The Bertz CT molecular complexity index is 1360. The molecule has 0 saturated heterocycles. The second-order valence-electron chi connectivity index (χ2n) is 7.41. The Morgan fingerprint density at radius 3 is 2.12 bits per heavy atom. The maximum Gasteiger partial charge on any atom is 0.249 e. The molecule has 0 bridgehead atoms. The van der Waals surface area contributed by atoms with Crippen molar-refractivity contribution in [3.8, 4) is 22.1 Å². The van der Waals surface area contributed by atoms with Crippen LogP contribution in [0.15, 0.2) is 84.9 Å². The van der Waals surface area contributed by atoms with Crippen molar-refractivity contribution < 1.29 is 17.9 Å². The van der Waals surface area contributed by atoms with Crippen LogP contribution in [0.5, 0.6) is 11.5 Å². The van der Waals surface area contributed by atoms with E-state index in [-0.39, 0.29) is 5.13 Å². The van der Waals surface area contributed by atoms with Crippen LogP contribution in [0.2, 0.25) is 0 Å². The molecule has 3 aromatic carbocycles. The fourth-order valence-electron chi connectivity index (χ4n) is 3.28. The van der Waals surface area contributed by atoms with Crippen molar-refractivity contribution in [1.82, 2.24) is 10.2 Å². The first-order valence-corrected chi connectivity index (χ1v) is 13.0. The van der Waals surface area contributed by atoms with E-state index in [1.807, 2.05) is 60.7 Å². The van der Waals surface area contributed by atoms with Crippen molar-refractivity contribution in [2.45, 2.75) is 13.0 Å². The van der Waals surface area contributed by atoms with Crippen LogP contribution < -0.4 is 14.4 Å². The van der Waals surface area contributed by atoms with Gasteiger partial charge in [0.1, 0.15) is 22.5 Å². The Hall–Kier alpha value is -3.76. The molecule has 0 aliphatic rings. The zero-order valence-corrected chi connectivity index (χ0v) is 20.1. The molecule has 4 aromatic rings. The molecule has 1 unspecified atom stereocenters. The number of hydrogen-bond acceptors (Lipinski definition) is 7. The molecule has 174 valence electrons. The largest absolute Gasteiger partial charge is 0.457 e. The van der Waals surface area contributed by atoms with Gasteiger partial charge in [-0.05, 0) is 43.3 Å². The molecule has 1 aromatic heterocycles. The molecule has 0 radical (unpaired) electrons. The third-order valence-electron chi connectivity index (χ3n) is 4.83. The van der Waals surface area contributed by atoms with Gasteiger partial charge in [-0.15, -0.1) is 10.2 Å². The van der Waals surface area contributed by atoms with Gasteiger partial charge >= 0.3 is 0 Å². The van der Waals surface area contributed by atoms with Gasteiger partial charge in [0.25, 0.3) is 0 Å². The number of aromatic nitrogens is 2. The van der Waals surface area contributed by atoms with E-state index in [0.29, 0.717) is 22.2 Å². The normalized spacial score (nSPS) is 12.1. The van der Waals surface area contributed by atoms with E-state index in [9.17, 15) is 13.2 Å². The number of benzene rings is 3. The Balaban J connectivity index is 1.50. The Morgan fingerprint density at radius 1 is 0.912 bits per heavy atom. The number of ether oxygens (including phenoxy) is 1. The van der Waals surface area contributed by atoms with Crippen LogP contribution in [0, 0.1) is 0 Å². The van der Waals surface area contributed by atoms with E-state index in [1.54, 1.807) is 24.3 Å². The number of sulfonamides is 1. The van der Waals surface area contributed by atoms with E-state index < -0.39 is 22.0 Å². The van der Waals surface area contributed by atoms with Crippen LogP contribution in [0.4, 0.5) is 10.8 Å². The highest BCUT2D eigenvalue weighted by molar-refractivity contribution is 7.92. The summed E-state index contributed by atoms with van der Waals surface area (Å²) in [5.74, 6) is 0.684. The number of nitrogens with one attached hydrogen (secondary N) is 1. The number of carbonyl (C=O) groups is 1. The van der Waals surface area contributed by atoms with Crippen LogP contribution in [-0.4, -0.2) is 36.8 Å². The third-order valence-corrected chi connectivity index (χ3v) is 6.96. The second kappa shape index (κ2) is 10.0. The highest BCUT2D eigenvalue weighted by Gasteiger charge is 2.30. The zero-order valence-electron chi connectivity index (χ0n) is 18.5. The van der Waals surface area contributed by atoms with Gasteiger partial charge in [0, 0.05) is 5.56 Å². The summed E-state index contributed by atoms with van der Waals surface area (Å²) in [5.41, 5.74) is 1.22. The van der Waals surface area contributed by atoms with Gasteiger partial charge in [-0.2, -0.15) is 0 Å². The van der Waals surface area contributed by atoms with E-state index in [0.717, 1.165) is 16.1 Å². The summed E-state index contributed by atoms with van der Waals surface area (Å²) in [5, 5.41) is 11.7. The van der Waals surface area contributed by atoms with Gasteiger partial charge in [-0.3, -0.25) is 14.4 Å². The Labute approximate surface area is 201 Å². The molecule has 1 atom stereocenters. The third kappa shape index (κ3) is 5.59. The Morgan fingerprint density at radius 2 is 1.50 bits per heavy atom. The summed E-state index contributed by atoms with van der Waals surface area (Å²) in [6.45, 7) is 1.52. The summed E-state index contributed by atoms with van der Waals surface area (Å²) in [4.78, 5) is 12.9. The minimum Gasteiger partial charge on any atom is -0.457 e. The summed E-state index contributed by atoms with van der Waals surface area (Å²) in [6, 6.07) is 24.2. The highest BCUT2D eigenvalue weighted by atomic mass is 32.2. The predicted molar refractivity (Wildman–Crippen MR) is 134 cm³/mol. The van der Waals surface area contributed by atoms with Crippen molar-refractivity contribution >= 4 is 38.1 Å². The molecule has 4 rings (SSSR count). The molecule has 10 heteroatoms. The first-order chi connectivity index (χ1) is 16.3. The summed E-state index contributed by atoms with van der Waals surface area (Å²) >= 11 is 1.21. The molecule has 1 N–H and O–H groups in total. The van der Waals surface area contributed by atoms with Gasteiger partial charge in [0.15, 0.2) is 0 Å². The summed E-state index contributed by atoms with van der Waals surface area (Å²) < 4.78 is 32.0. The van der Waals surface area contributed by atoms with Crippen molar-refractivity contribution in [1.29, 1.82) is 0 Å². The fourth-order valence-corrected chi connectivity index (χ4v) is 5.20. The van der Waals surface area contributed by atoms with Gasteiger partial charge in [-0.25, -0.2) is 8.42 Å². The summed E-state index contributed by atoms with van der Waals surface area (Å²) in [7, 11) is -3.76. The molecule has 1 heterocycles. The van der Waals surface area contributed by atoms with Crippen molar-refractivity contribution in [3.63, 3.8) is 0 Å². The average Bonchev–Trinajstić information content (AvgIpc) is 3.29. The molecule has 0 fully saturated rings. The van der Waals surface area contributed by atoms with Gasteiger partial charge in [0.05, 0.1) is 11.9 Å². The number of hydrogen-bond donors (Lipinski definition) is 1. The maximum atomic E-state index is 12.9. The van der Waals surface area contributed by atoms with Gasteiger partial charge in [0.2, 0.25) is 21.1 Å². The van der Waals surface area contributed by atoms with Crippen LogP contribution in [-0.2, 0) is 14.8 Å². The average molecular weight is 495 g/mol. The van der Waals surface area contributed by atoms with Crippen LogP contribution in [0.25, 0.3) is 10.6 Å². The monoisotopic (exact) mass is 494 g/mol. The second-order valence-corrected chi connectivity index (χ2v) is 10.2. The smallest absolute Gasteiger partial charge is 0.249 e. The van der Waals surface area contributed by atoms with Crippen LogP contribution >= 0.6 is 11.3 Å². The number of para-hydroxylation sites is 1. The van der Waals surface area contributed by atoms with E-state index in [4.69, 9.17) is 4.74 Å². The molecular weight excluding hydrogens is 472 g/mol. The number of nitrogens with zero attached hydrogens (tertiary/aromatic N) is 3. The highest BCUT2D eigenvalue weighted by Crippen LogP contribution is 2.29. The lowest BCUT2D eigenvalue weighted by molar-refractivity contribution is -0.116. The fraction of sp³-hybridized carbons (Fsp3) is 0.125. The first kappa shape index (κ1) is 23.4. The lowest BCUT2D eigenvalue weighted by Gasteiger charge is -2.28. The Kier molecular flexibility index (Phi) is 6.90. The topological polar surface area (TPSA) is 101 Å². The number of anilines is 2. The van der Waals surface area contributed by atoms with Gasteiger partial charge in [-0.1, -0.05) is 59.9 Å². The lowest BCUT2D eigenvalue weighted by Crippen LogP contribution is -2.45. The molecule has 0 saturated carbocycles. The summed E-state index contributed by atoms with van der Waals surface area (Å²) in [6.07, 6.45) is 1.06. The van der Waals surface area contributed by atoms with E-state index in [1.165, 1.54) is 18.3 Å². The quantitative estimate of drug-likeness (QED) is 0.378. The number of rotatable bonds is 8. The lowest BCUT2D eigenvalue weighted by atomic mass is 10.2.